The van der Waals surface area contributed by atoms with E-state index in [1.807, 2.05) is 12.1 Å². The molecule has 1 unspecified atom stereocenters. The van der Waals surface area contributed by atoms with Gasteiger partial charge in [-0.25, -0.2) is 4.39 Å². The summed E-state index contributed by atoms with van der Waals surface area (Å²) in [6.45, 7) is 11.8. The quantitative estimate of drug-likeness (QED) is 0.348. The van der Waals surface area contributed by atoms with E-state index in [0.29, 0.717) is 31.7 Å². The van der Waals surface area contributed by atoms with Gasteiger partial charge in [-0.05, 0) is 72.2 Å². The fourth-order valence-electron chi connectivity index (χ4n) is 6.11. The Balaban J connectivity index is 1.48. The number of anilines is 2. The molecule has 5 rings (SSSR count). The molecule has 41 heavy (non-hydrogen) atoms. The highest BCUT2D eigenvalue weighted by molar-refractivity contribution is 5.96. The van der Waals surface area contributed by atoms with E-state index in [-0.39, 0.29) is 22.8 Å². The molecule has 2 N–H and O–H groups in total. The van der Waals surface area contributed by atoms with Crippen molar-refractivity contribution >= 4 is 17.3 Å². The Kier molecular flexibility index (Phi) is 8.66. The molecule has 0 spiro atoms. The topological polar surface area (TPSA) is 65.0 Å². The smallest absolute Gasteiger partial charge is 0.257 e. The molecule has 2 aliphatic rings. The lowest BCUT2D eigenvalue weighted by Gasteiger charge is -2.44. The average Bonchev–Trinajstić information content (AvgIpc) is 2.97. The number of carbonyl (C=O) groups excluding carboxylic acids is 1. The molecule has 2 heterocycles. The van der Waals surface area contributed by atoms with Gasteiger partial charge in [-0.3, -0.25) is 4.79 Å². The van der Waals surface area contributed by atoms with Crippen molar-refractivity contribution in [3.63, 3.8) is 0 Å². The predicted molar refractivity (Wildman–Crippen MR) is 162 cm³/mol. The van der Waals surface area contributed by atoms with Gasteiger partial charge >= 0.3 is 0 Å². The second-order valence-electron chi connectivity index (χ2n) is 12.3. The van der Waals surface area contributed by atoms with Crippen LogP contribution in [0, 0.1) is 18.7 Å². The van der Waals surface area contributed by atoms with E-state index < -0.39 is 18.1 Å². The molecule has 6 nitrogen and oxygen atoms in total. The van der Waals surface area contributed by atoms with Gasteiger partial charge in [-0.2, -0.15) is 0 Å². The number of amides is 1. The largest absolute Gasteiger partial charge is 0.378 e. The number of rotatable bonds is 6. The number of hydrogen-bond donors (Lipinski definition) is 2. The third kappa shape index (κ3) is 6.41. The Bertz CT molecular complexity index is 1330. The van der Waals surface area contributed by atoms with Gasteiger partial charge in [-0.15, -0.1) is 0 Å². The van der Waals surface area contributed by atoms with Crippen molar-refractivity contribution in [2.75, 3.05) is 43.1 Å². The number of aliphatic hydroxyl groups excluding tert-OH is 1. The Morgan fingerprint density at radius 3 is 2.41 bits per heavy atom. The Hall–Kier alpha value is -3.42. The van der Waals surface area contributed by atoms with E-state index in [0.717, 1.165) is 36.4 Å². The van der Waals surface area contributed by atoms with Crippen LogP contribution in [0.3, 0.4) is 0 Å². The zero-order valence-corrected chi connectivity index (χ0v) is 24.6. The summed E-state index contributed by atoms with van der Waals surface area (Å²) in [6.07, 6.45) is 0.530. The third-order valence-electron chi connectivity index (χ3n) is 8.43. The third-order valence-corrected chi connectivity index (χ3v) is 8.43. The standard InChI is InChI=1S/C34H42FN3O3/c1-23-8-5-12-29(35)30(23)33(40)38-17-7-11-28(32(39)36-26-10-6-9-25(22-26)34(2,3)4)31(38)24-13-15-27(16-14-24)37-18-20-41-21-19-37/h5-6,8-10,12-16,22,28,31-32,36,39H,7,11,17-21H2,1-4H3/t28?,31-,32+/m0/s1. The summed E-state index contributed by atoms with van der Waals surface area (Å²) in [7, 11) is 0. The fourth-order valence-corrected chi connectivity index (χ4v) is 6.11. The maximum Gasteiger partial charge on any atom is 0.257 e. The van der Waals surface area contributed by atoms with Crippen molar-refractivity contribution in [1.29, 1.82) is 0 Å². The van der Waals surface area contributed by atoms with Gasteiger partial charge in [0.15, 0.2) is 0 Å². The van der Waals surface area contributed by atoms with Crippen LogP contribution in [0.25, 0.3) is 0 Å². The van der Waals surface area contributed by atoms with Crippen molar-refractivity contribution in [3.8, 4) is 0 Å². The average molecular weight is 560 g/mol. The highest BCUT2D eigenvalue weighted by Crippen LogP contribution is 2.40. The number of carbonyl (C=O) groups is 1. The van der Waals surface area contributed by atoms with Gasteiger partial charge < -0.3 is 25.0 Å². The first-order valence-electron chi connectivity index (χ1n) is 14.7. The van der Waals surface area contributed by atoms with Crippen LogP contribution in [0.4, 0.5) is 15.8 Å². The highest BCUT2D eigenvalue weighted by atomic mass is 19.1. The molecule has 7 heteroatoms. The molecular weight excluding hydrogens is 517 g/mol. The number of nitrogens with one attached hydrogen (secondary N) is 1. The second kappa shape index (κ2) is 12.2. The molecule has 0 saturated carbocycles. The molecular formula is C34H42FN3O3. The Morgan fingerprint density at radius 2 is 1.73 bits per heavy atom. The van der Waals surface area contributed by atoms with Crippen molar-refractivity contribution in [2.45, 2.75) is 58.2 Å². The molecule has 0 aromatic heterocycles. The molecule has 2 aliphatic heterocycles. The van der Waals surface area contributed by atoms with Gasteiger partial charge in [0.2, 0.25) is 0 Å². The number of morpholine rings is 1. The van der Waals surface area contributed by atoms with Crippen molar-refractivity contribution in [1.82, 2.24) is 4.90 Å². The maximum absolute atomic E-state index is 15.0. The van der Waals surface area contributed by atoms with E-state index in [1.54, 1.807) is 24.0 Å². The first kappa shape index (κ1) is 29.1. The molecule has 3 atom stereocenters. The van der Waals surface area contributed by atoms with Crippen LogP contribution >= 0.6 is 0 Å². The normalized spacial score (nSPS) is 20.5. The molecule has 218 valence electrons. The maximum atomic E-state index is 15.0. The summed E-state index contributed by atoms with van der Waals surface area (Å²) in [5, 5.41) is 15.0. The minimum absolute atomic E-state index is 0.0287. The summed E-state index contributed by atoms with van der Waals surface area (Å²) >= 11 is 0. The summed E-state index contributed by atoms with van der Waals surface area (Å²) in [5.41, 5.74) is 4.71. The zero-order chi connectivity index (χ0) is 29.1. The van der Waals surface area contributed by atoms with Crippen LogP contribution in [0.15, 0.2) is 66.7 Å². The van der Waals surface area contributed by atoms with Gasteiger partial charge in [0, 0.05) is 36.9 Å². The van der Waals surface area contributed by atoms with Gasteiger partial charge in [-0.1, -0.05) is 57.2 Å². The number of piperidine rings is 1. The first-order chi connectivity index (χ1) is 19.6. The van der Waals surface area contributed by atoms with Crippen LogP contribution in [0.2, 0.25) is 0 Å². The Labute approximate surface area is 243 Å². The minimum atomic E-state index is -0.911. The number of hydrogen-bond acceptors (Lipinski definition) is 5. The zero-order valence-electron chi connectivity index (χ0n) is 24.6. The molecule has 3 aromatic carbocycles. The number of ether oxygens (including phenoxy) is 1. The molecule has 3 aromatic rings. The molecule has 2 fully saturated rings. The summed E-state index contributed by atoms with van der Waals surface area (Å²) in [5.74, 6) is -1.15. The molecule has 0 radical (unpaired) electrons. The number of benzene rings is 3. The summed E-state index contributed by atoms with van der Waals surface area (Å²) < 4.78 is 20.5. The summed E-state index contributed by atoms with van der Waals surface area (Å²) in [6, 6.07) is 20.7. The fraction of sp³-hybridized carbons (Fsp3) is 0.441. The lowest BCUT2D eigenvalue weighted by atomic mass is 9.82. The van der Waals surface area contributed by atoms with E-state index >= 15 is 0 Å². The minimum Gasteiger partial charge on any atom is -0.378 e. The number of aliphatic hydroxyl groups is 1. The highest BCUT2D eigenvalue weighted by Gasteiger charge is 2.40. The number of aryl methyl sites for hydroxylation is 1. The molecule has 2 saturated heterocycles. The second-order valence-corrected chi connectivity index (χ2v) is 12.3. The SMILES string of the molecule is Cc1cccc(F)c1C(=O)N1CCCC([C@@H](O)Nc2cccc(C(C)(C)C)c2)[C@@H]1c1ccc(N2CCOCC2)cc1. The van der Waals surface area contributed by atoms with E-state index in [2.05, 4.69) is 67.4 Å². The Morgan fingerprint density at radius 1 is 1.02 bits per heavy atom. The lowest BCUT2D eigenvalue weighted by molar-refractivity contribution is 0.0158. The van der Waals surface area contributed by atoms with Crippen molar-refractivity contribution in [3.05, 3.63) is 94.8 Å². The number of likely N-dealkylation sites (tertiary alicyclic amines) is 1. The molecule has 0 bridgehead atoms. The van der Waals surface area contributed by atoms with Gasteiger partial charge in [0.05, 0.1) is 24.8 Å². The predicted octanol–water partition coefficient (Wildman–Crippen LogP) is 6.29. The van der Waals surface area contributed by atoms with E-state index in [1.165, 1.54) is 11.6 Å². The molecule has 0 aliphatic carbocycles. The van der Waals surface area contributed by atoms with E-state index in [4.69, 9.17) is 4.74 Å². The summed E-state index contributed by atoms with van der Waals surface area (Å²) in [4.78, 5) is 18.0. The monoisotopic (exact) mass is 559 g/mol. The van der Waals surface area contributed by atoms with E-state index in [9.17, 15) is 14.3 Å². The van der Waals surface area contributed by atoms with Gasteiger partial charge in [0.1, 0.15) is 12.0 Å². The van der Waals surface area contributed by atoms with Crippen LogP contribution in [-0.2, 0) is 10.2 Å². The van der Waals surface area contributed by atoms with Crippen LogP contribution < -0.4 is 10.2 Å². The number of nitrogens with zero attached hydrogens (tertiary/aromatic N) is 2. The van der Waals surface area contributed by atoms with Crippen LogP contribution in [0.1, 0.15) is 66.7 Å². The molecule has 1 amide bonds. The van der Waals surface area contributed by atoms with Crippen LogP contribution in [0.5, 0.6) is 0 Å². The van der Waals surface area contributed by atoms with Crippen molar-refractivity contribution < 1.29 is 19.0 Å². The van der Waals surface area contributed by atoms with Crippen molar-refractivity contribution in [2.24, 2.45) is 5.92 Å². The first-order valence-corrected chi connectivity index (χ1v) is 14.7. The van der Waals surface area contributed by atoms with Gasteiger partial charge in [0.25, 0.3) is 5.91 Å². The lowest BCUT2D eigenvalue weighted by Crippen LogP contribution is -2.48. The number of halogens is 1. The van der Waals surface area contributed by atoms with Crippen LogP contribution in [-0.4, -0.2) is 55.0 Å².